The molecule has 2 unspecified atom stereocenters. The standard InChI is InChI=1S/C17H23ClN2O.ClH/c1-17(2,12-4-3-5-13(18)10-12)16(21)20-14-6-7-15(20)11-19-9-8-14;/h3-5,10,14-15,19H,6-9,11H2,1-2H3;1H. The van der Waals surface area contributed by atoms with Crippen LogP contribution in [0.1, 0.15) is 38.7 Å². The van der Waals surface area contributed by atoms with Crippen molar-refractivity contribution in [3.8, 4) is 0 Å². The maximum atomic E-state index is 13.2. The first kappa shape index (κ1) is 17.6. The molecule has 3 rings (SSSR count). The van der Waals surface area contributed by atoms with Gasteiger partial charge in [-0.05, 0) is 57.4 Å². The summed E-state index contributed by atoms with van der Waals surface area (Å²) in [6.07, 6.45) is 3.33. The summed E-state index contributed by atoms with van der Waals surface area (Å²) in [5.41, 5.74) is 0.465. The zero-order chi connectivity index (χ0) is 15.0. The maximum Gasteiger partial charge on any atom is 0.233 e. The van der Waals surface area contributed by atoms with Crippen LogP contribution in [0.4, 0.5) is 0 Å². The molecular formula is C17H24Cl2N2O. The van der Waals surface area contributed by atoms with Gasteiger partial charge in [-0.3, -0.25) is 4.79 Å². The molecule has 2 bridgehead atoms. The fourth-order valence-corrected chi connectivity index (χ4v) is 3.83. The number of benzene rings is 1. The molecule has 2 aliphatic rings. The summed E-state index contributed by atoms with van der Waals surface area (Å²) < 4.78 is 0. The fourth-order valence-electron chi connectivity index (χ4n) is 3.64. The normalized spacial score (nSPS) is 24.6. The Bertz CT molecular complexity index is 533. The summed E-state index contributed by atoms with van der Waals surface area (Å²) in [5.74, 6) is 0.237. The van der Waals surface area contributed by atoms with E-state index in [2.05, 4.69) is 10.2 Å². The molecule has 1 amide bonds. The van der Waals surface area contributed by atoms with Crippen LogP contribution in [0.5, 0.6) is 0 Å². The van der Waals surface area contributed by atoms with Crippen molar-refractivity contribution < 1.29 is 4.79 Å². The number of rotatable bonds is 2. The highest BCUT2D eigenvalue weighted by molar-refractivity contribution is 6.30. The molecule has 122 valence electrons. The summed E-state index contributed by atoms with van der Waals surface area (Å²) in [6.45, 7) is 5.97. The van der Waals surface area contributed by atoms with Gasteiger partial charge in [0.2, 0.25) is 5.91 Å². The van der Waals surface area contributed by atoms with Crippen molar-refractivity contribution in [2.24, 2.45) is 0 Å². The number of carbonyl (C=O) groups is 1. The van der Waals surface area contributed by atoms with Crippen LogP contribution in [0.25, 0.3) is 0 Å². The van der Waals surface area contributed by atoms with Crippen molar-refractivity contribution in [1.29, 1.82) is 0 Å². The predicted octanol–water partition coefficient (Wildman–Crippen LogP) is 3.39. The number of nitrogens with zero attached hydrogens (tertiary/aromatic N) is 1. The van der Waals surface area contributed by atoms with E-state index in [0.717, 1.165) is 37.9 Å². The molecule has 0 saturated carbocycles. The zero-order valence-electron chi connectivity index (χ0n) is 13.1. The van der Waals surface area contributed by atoms with E-state index in [1.54, 1.807) is 0 Å². The van der Waals surface area contributed by atoms with Crippen LogP contribution in [-0.2, 0) is 10.2 Å². The minimum atomic E-state index is -0.532. The highest BCUT2D eigenvalue weighted by Gasteiger charge is 2.43. The van der Waals surface area contributed by atoms with Crippen molar-refractivity contribution >= 4 is 29.9 Å². The lowest BCUT2D eigenvalue weighted by Crippen LogP contribution is -2.50. The van der Waals surface area contributed by atoms with Gasteiger partial charge in [-0.2, -0.15) is 0 Å². The quantitative estimate of drug-likeness (QED) is 0.893. The Kier molecular flexibility index (Phi) is 5.41. The zero-order valence-corrected chi connectivity index (χ0v) is 14.7. The molecule has 1 aromatic carbocycles. The van der Waals surface area contributed by atoms with E-state index in [-0.39, 0.29) is 18.3 Å². The molecule has 0 aliphatic carbocycles. The van der Waals surface area contributed by atoms with Crippen LogP contribution in [0.3, 0.4) is 0 Å². The van der Waals surface area contributed by atoms with E-state index in [1.807, 2.05) is 38.1 Å². The molecule has 2 heterocycles. The molecule has 0 aromatic heterocycles. The molecule has 2 atom stereocenters. The van der Waals surface area contributed by atoms with E-state index in [0.29, 0.717) is 17.1 Å². The third-order valence-electron chi connectivity index (χ3n) is 4.97. The van der Waals surface area contributed by atoms with Crippen LogP contribution in [0.2, 0.25) is 5.02 Å². The van der Waals surface area contributed by atoms with Crippen LogP contribution < -0.4 is 5.32 Å². The second-order valence-electron chi connectivity index (χ2n) is 6.73. The van der Waals surface area contributed by atoms with Gasteiger partial charge in [-0.25, -0.2) is 0 Å². The van der Waals surface area contributed by atoms with Crippen LogP contribution in [-0.4, -0.2) is 36.0 Å². The number of hydrogen-bond donors (Lipinski definition) is 1. The number of amides is 1. The lowest BCUT2D eigenvalue weighted by atomic mass is 9.82. The molecule has 2 aliphatic heterocycles. The monoisotopic (exact) mass is 342 g/mol. The lowest BCUT2D eigenvalue weighted by Gasteiger charge is -2.36. The van der Waals surface area contributed by atoms with Gasteiger partial charge in [-0.1, -0.05) is 23.7 Å². The molecule has 2 saturated heterocycles. The number of nitrogens with one attached hydrogen (secondary N) is 1. The molecule has 1 aromatic rings. The number of fused-ring (bicyclic) bond motifs is 2. The first-order chi connectivity index (χ1) is 10.00. The largest absolute Gasteiger partial charge is 0.335 e. The maximum absolute atomic E-state index is 13.2. The minimum absolute atomic E-state index is 0. The Morgan fingerprint density at radius 2 is 2.00 bits per heavy atom. The molecule has 1 N–H and O–H groups in total. The van der Waals surface area contributed by atoms with Gasteiger partial charge in [0, 0.05) is 23.7 Å². The molecule has 2 fully saturated rings. The second-order valence-corrected chi connectivity index (χ2v) is 7.16. The van der Waals surface area contributed by atoms with E-state index in [1.165, 1.54) is 0 Å². The Labute approximate surface area is 143 Å². The first-order valence-electron chi connectivity index (χ1n) is 7.79. The van der Waals surface area contributed by atoms with Crippen molar-refractivity contribution in [3.05, 3.63) is 34.9 Å². The number of carbonyl (C=O) groups excluding carboxylic acids is 1. The summed E-state index contributed by atoms with van der Waals surface area (Å²) in [4.78, 5) is 15.4. The van der Waals surface area contributed by atoms with Crippen molar-refractivity contribution in [2.45, 2.75) is 50.6 Å². The molecule has 5 heteroatoms. The van der Waals surface area contributed by atoms with Gasteiger partial charge in [0.1, 0.15) is 0 Å². The van der Waals surface area contributed by atoms with Crippen LogP contribution in [0, 0.1) is 0 Å². The van der Waals surface area contributed by atoms with Crippen molar-refractivity contribution in [1.82, 2.24) is 10.2 Å². The second kappa shape index (κ2) is 6.77. The smallest absolute Gasteiger partial charge is 0.233 e. The molecule has 22 heavy (non-hydrogen) atoms. The van der Waals surface area contributed by atoms with Gasteiger partial charge in [0.25, 0.3) is 0 Å². The van der Waals surface area contributed by atoms with E-state index >= 15 is 0 Å². The molecule has 0 radical (unpaired) electrons. The van der Waals surface area contributed by atoms with Crippen molar-refractivity contribution in [2.75, 3.05) is 13.1 Å². The topological polar surface area (TPSA) is 32.3 Å². The highest BCUT2D eigenvalue weighted by Crippen LogP contribution is 2.35. The van der Waals surface area contributed by atoms with Gasteiger partial charge in [-0.15, -0.1) is 12.4 Å². The lowest BCUT2D eigenvalue weighted by molar-refractivity contribution is -0.139. The third kappa shape index (κ3) is 3.12. The number of hydrogen-bond acceptors (Lipinski definition) is 2. The average Bonchev–Trinajstić information content (AvgIpc) is 2.71. The van der Waals surface area contributed by atoms with Crippen LogP contribution >= 0.6 is 24.0 Å². The molecule has 0 spiro atoms. The van der Waals surface area contributed by atoms with E-state index in [4.69, 9.17) is 11.6 Å². The Morgan fingerprint density at radius 1 is 1.27 bits per heavy atom. The fraction of sp³-hybridized carbons (Fsp3) is 0.588. The first-order valence-corrected chi connectivity index (χ1v) is 8.17. The summed E-state index contributed by atoms with van der Waals surface area (Å²) in [5, 5.41) is 4.14. The Morgan fingerprint density at radius 3 is 2.73 bits per heavy atom. The molecule has 3 nitrogen and oxygen atoms in total. The Hall–Kier alpha value is -0.770. The van der Waals surface area contributed by atoms with E-state index < -0.39 is 5.41 Å². The summed E-state index contributed by atoms with van der Waals surface area (Å²) in [6, 6.07) is 8.44. The van der Waals surface area contributed by atoms with E-state index in [9.17, 15) is 4.79 Å². The minimum Gasteiger partial charge on any atom is -0.335 e. The van der Waals surface area contributed by atoms with Crippen molar-refractivity contribution in [3.63, 3.8) is 0 Å². The van der Waals surface area contributed by atoms with Gasteiger partial charge in [0.05, 0.1) is 5.41 Å². The van der Waals surface area contributed by atoms with Gasteiger partial charge in [0.15, 0.2) is 0 Å². The van der Waals surface area contributed by atoms with Gasteiger partial charge < -0.3 is 10.2 Å². The Balaban J connectivity index is 0.00000176. The third-order valence-corrected chi connectivity index (χ3v) is 5.20. The number of halogens is 2. The average molecular weight is 343 g/mol. The van der Waals surface area contributed by atoms with Crippen LogP contribution in [0.15, 0.2) is 24.3 Å². The highest BCUT2D eigenvalue weighted by atomic mass is 35.5. The predicted molar refractivity (Wildman–Crippen MR) is 92.9 cm³/mol. The summed E-state index contributed by atoms with van der Waals surface area (Å²) >= 11 is 6.10. The molecular weight excluding hydrogens is 319 g/mol. The van der Waals surface area contributed by atoms with Gasteiger partial charge >= 0.3 is 0 Å². The summed E-state index contributed by atoms with van der Waals surface area (Å²) in [7, 11) is 0. The SMILES string of the molecule is CC(C)(C(=O)N1C2CCNCC1CC2)c1cccc(Cl)c1.Cl.